The van der Waals surface area contributed by atoms with Gasteiger partial charge in [0.1, 0.15) is 11.6 Å². The van der Waals surface area contributed by atoms with Gasteiger partial charge in [0, 0.05) is 29.1 Å². The number of methoxy groups -OCH3 is 1. The van der Waals surface area contributed by atoms with Gasteiger partial charge in [-0.3, -0.25) is 9.78 Å². The Morgan fingerprint density at radius 2 is 2.07 bits per heavy atom. The molecule has 0 aliphatic heterocycles. The number of carbonyl (C=O) groups excluding carboxylic acids is 1. The second-order valence-electron chi connectivity index (χ2n) is 6.85. The van der Waals surface area contributed by atoms with Crippen LogP contribution in [0.3, 0.4) is 0 Å². The first-order chi connectivity index (χ1) is 14.6. The van der Waals surface area contributed by atoms with E-state index in [2.05, 4.69) is 15.3 Å². The van der Waals surface area contributed by atoms with Gasteiger partial charge in [-0.1, -0.05) is 18.2 Å². The molecule has 0 bridgehead atoms. The van der Waals surface area contributed by atoms with E-state index in [0.29, 0.717) is 24.1 Å². The maximum atomic E-state index is 13.9. The summed E-state index contributed by atoms with van der Waals surface area (Å²) in [6, 6.07) is 10.9. The molecule has 0 spiro atoms. The van der Waals surface area contributed by atoms with Crippen molar-refractivity contribution >= 4 is 16.7 Å². The molecule has 2 aromatic carbocycles. The van der Waals surface area contributed by atoms with Crippen molar-refractivity contribution in [3.05, 3.63) is 77.8 Å². The molecule has 152 valence electrons. The van der Waals surface area contributed by atoms with Crippen molar-refractivity contribution in [1.29, 1.82) is 0 Å². The van der Waals surface area contributed by atoms with E-state index in [9.17, 15) is 9.18 Å². The van der Waals surface area contributed by atoms with Crippen molar-refractivity contribution in [2.45, 2.75) is 13.3 Å². The molecule has 4 aromatic rings. The fraction of sp³-hybridized carbons (Fsp3) is 0.174. The van der Waals surface area contributed by atoms with Crippen molar-refractivity contribution in [2.75, 3.05) is 13.7 Å². The lowest BCUT2D eigenvalue weighted by Gasteiger charge is -2.09. The van der Waals surface area contributed by atoms with Crippen molar-refractivity contribution in [2.24, 2.45) is 0 Å². The number of ether oxygens (including phenoxy) is 1. The number of carbonyl (C=O) groups is 1. The van der Waals surface area contributed by atoms with Crippen LogP contribution in [0.2, 0.25) is 0 Å². The Hall–Kier alpha value is -3.74. The van der Waals surface area contributed by atoms with Crippen molar-refractivity contribution in [3.8, 4) is 17.1 Å². The van der Waals surface area contributed by atoms with Gasteiger partial charge in [0.15, 0.2) is 17.8 Å². The maximum absolute atomic E-state index is 13.9. The van der Waals surface area contributed by atoms with E-state index < -0.39 is 0 Å². The molecule has 6 nitrogen and oxygen atoms in total. The topological polar surface area (TPSA) is 77.2 Å². The number of amides is 1. The van der Waals surface area contributed by atoms with Gasteiger partial charge in [0.2, 0.25) is 0 Å². The summed E-state index contributed by atoms with van der Waals surface area (Å²) in [5.74, 6) is 0.456. The zero-order valence-electron chi connectivity index (χ0n) is 16.6. The number of rotatable bonds is 6. The highest BCUT2D eigenvalue weighted by molar-refractivity contribution is 5.97. The molecule has 0 aliphatic carbocycles. The first-order valence-corrected chi connectivity index (χ1v) is 9.46. The Kier molecular flexibility index (Phi) is 5.43. The third kappa shape index (κ3) is 3.74. The molecule has 0 saturated heterocycles. The average Bonchev–Trinajstić information content (AvgIpc) is 3.24. The summed E-state index contributed by atoms with van der Waals surface area (Å²) in [5, 5.41) is 4.11. The zero-order valence-corrected chi connectivity index (χ0v) is 16.6. The van der Waals surface area contributed by atoms with E-state index in [1.165, 1.54) is 12.6 Å². The van der Waals surface area contributed by atoms with Crippen LogP contribution in [-0.4, -0.2) is 29.5 Å². The Balaban J connectivity index is 1.48. The largest absolute Gasteiger partial charge is 0.496 e. The van der Waals surface area contributed by atoms with E-state index in [-0.39, 0.29) is 17.4 Å². The number of benzene rings is 2. The van der Waals surface area contributed by atoms with Crippen molar-refractivity contribution < 1.29 is 18.3 Å². The number of fused-ring (bicyclic) bond motifs is 1. The van der Waals surface area contributed by atoms with Gasteiger partial charge in [-0.05, 0) is 42.7 Å². The molecule has 4 rings (SSSR count). The smallest absolute Gasteiger partial charge is 0.273 e. The van der Waals surface area contributed by atoms with Crippen LogP contribution in [0.5, 0.6) is 5.75 Å². The average molecular weight is 405 g/mol. The number of hydrogen-bond donors (Lipinski definition) is 1. The molecule has 0 aliphatic rings. The molecule has 2 aromatic heterocycles. The molecular formula is C23H20FN3O3. The first kappa shape index (κ1) is 19.6. The quantitative estimate of drug-likeness (QED) is 0.517. The summed E-state index contributed by atoms with van der Waals surface area (Å²) in [4.78, 5) is 20.7. The minimum Gasteiger partial charge on any atom is -0.496 e. The fourth-order valence-electron chi connectivity index (χ4n) is 3.47. The molecular weight excluding hydrogens is 385 g/mol. The van der Waals surface area contributed by atoms with Crippen LogP contribution < -0.4 is 10.1 Å². The molecule has 1 amide bonds. The number of hydrogen-bond acceptors (Lipinski definition) is 5. The fourth-order valence-corrected chi connectivity index (χ4v) is 3.47. The van der Waals surface area contributed by atoms with Crippen LogP contribution in [0, 0.1) is 12.7 Å². The molecule has 7 heteroatoms. The van der Waals surface area contributed by atoms with Gasteiger partial charge in [-0.15, -0.1) is 0 Å². The summed E-state index contributed by atoms with van der Waals surface area (Å²) in [6.07, 6.45) is 4.62. The van der Waals surface area contributed by atoms with Gasteiger partial charge in [0.05, 0.1) is 13.3 Å². The minimum absolute atomic E-state index is 0.213. The van der Waals surface area contributed by atoms with Gasteiger partial charge in [-0.2, -0.15) is 0 Å². The lowest BCUT2D eigenvalue weighted by molar-refractivity contribution is 0.0950. The highest BCUT2D eigenvalue weighted by atomic mass is 19.1. The summed E-state index contributed by atoms with van der Waals surface area (Å²) >= 11 is 0. The summed E-state index contributed by atoms with van der Waals surface area (Å²) < 4.78 is 24.7. The normalized spacial score (nSPS) is 10.9. The zero-order chi connectivity index (χ0) is 21.1. The van der Waals surface area contributed by atoms with Crippen LogP contribution in [0.25, 0.3) is 22.1 Å². The van der Waals surface area contributed by atoms with E-state index >= 15 is 0 Å². The van der Waals surface area contributed by atoms with Crippen LogP contribution in [-0.2, 0) is 6.42 Å². The number of aromatic nitrogens is 2. The number of nitrogens with one attached hydrogen (secondary N) is 1. The van der Waals surface area contributed by atoms with Crippen molar-refractivity contribution in [1.82, 2.24) is 15.3 Å². The molecule has 0 radical (unpaired) electrons. The maximum Gasteiger partial charge on any atom is 0.273 e. The number of pyridine rings is 1. The second-order valence-corrected chi connectivity index (χ2v) is 6.85. The molecule has 0 unspecified atom stereocenters. The predicted molar refractivity (Wildman–Crippen MR) is 111 cm³/mol. The first-order valence-electron chi connectivity index (χ1n) is 9.46. The Bertz CT molecular complexity index is 1220. The lowest BCUT2D eigenvalue weighted by Crippen LogP contribution is -2.26. The lowest BCUT2D eigenvalue weighted by atomic mass is 10.0. The molecule has 0 fully saturated rings. The standard InChI is InChI=1S/C23H20FN3O3/c1-14-10-16(6-7-20(14)29-2)22-21(27-13-30-22)23(28)26-9-8-15-4-3-5-17-18(15)11-25-12-19(17)24/h3-7,10-13H,8-9H2,1-2H3,(H,26,28). The molecule has 1 N–H and O–H groups in total. The monoisotopic (exact) mass is 405 g/mol. The van der Waals surface area contributed by atoms with E-state index in [1.807, 2.05) is 31.2 Å². The van der Waals surface area contributed by atoms with E-state index in [4.69, 9.17) is 9.15 Å². The molecule has 0 atom stereocenters. The molecule has 0 saturated carbocycles. The van der Waals surface area contributed by atoms with Gasteiger partial charge < -0.3 is 14.5 Å². The summed E-state index contributed by atoms with van der Waals surface area (Å²) in [6.45, 7) is 2.28. The number of oxazole rings is 1. The number of halogens is 1. The van der Waals surface area contributed by atoms with Crippen LogP contribution >= 0.6 is 0 Å². The van der Waals surface area contributed by atoms with Crippen LogP contribution in [0.4, 0.5) is 4.39 Å². The highest BCUT2D eigenvalue weighted by Gasteiger charge is 2.19. The van der Waals surface area contributed by atoms with E-state index in [0.717, 1.165) is 27.8 Å². The SMILES string of the molecule is COc1ccc(-c2ocnc2C(=O)NCCc2cccc3c(F)cncc23)cc1C. The van der Waals surface area contributed by atoms with Gasteiger partial charge in [0.25, 0.3) is 5.91 Å². The number of nitrogens with zero attached hydrogens (tertiary/aromatic N) is 2. The summed E-state index contributed by atoms with van der Waals surface area (Å²) in [7, 11) is 1.61. The van der Waals surface area contributed by atoms with Gasteiger partial charge >= 0.3 is 0 Å². The third-order valence-corrected chi connectivity index (χ3v) is 4.96. The van der Waals surface area contributed by atoms with Gasteiger partial charge in [-0.25, -0.2) is 9.37 Å². The second kappa shape index (κ2) is 8.32. The molecule has 30 heavy (non-hydrogen) atoms. The summed E-state index contributed by atoms with van der Waals surface area (Å²) in [5.41, 5.74) is 2.79. The van der Waals surface area contributed by atoms with Crippen molar-refractivity contribution in [3.63, 3.8) is 0 Å². The minimum atomic E-state index is -0.361. The predicted octanol–water partition coefficient (Wildman–Crippen LogP) is 4.32. The third-order valence-electron chi connectivity index (χ3n) is 4.96. The van der Waals surface area contributed by atoms with E-state index in [1.54, 1.807) is 25.4 Å². The highest BCUT2D eigenvalue weighted by Crippen LogP contribution is 2.28. The number of aryl methyl sites for hydroxylation is 1. The Labute approximate surface area is 172 Å². The Morgan fingerprint density at radius 3 is 2.87 bits per heavy atom. The Morgan fingerprint density at radius 1 is 1.20 bits per heavy atom. The molecule has 2 heterocycles. The van der Waals surface area contributed by atoms with Crippen LogP contribution in [0.15, 0.2) is 59.6 Å². The van der Waals surface area contributed by atoms with Crippen LogP contribution in [0.1, 0.15) is 21.6 Å².